The SMILES string of the molecule is N#CCn1nnc2ccc(F)cc21. The second-order valence-corrected chi connectivity index (χ2v) is 2.54. The zero-order valence-corrected chi connectivity index (χ0v) is 6.61. The maximum atomic E-state index is 12.8. The van der Waals surface area contributed by atoms with E-state index in [1.54, 1.807) is 0 Å². The third-order valence-electron chi connectivity index (χ3n) is 1.70. The maximum Gasteiger partial charge on any atom is 0.130 e. The molecule has 64 valence electrons. The zero-order chi connectivity index (χ0) is 9.26. The van der Waals surface area contributed by atoms with Crippen LogP contribution in [0.2, 0.25) is 0 Å². The van der Waals surface area contributed by atoms with Crippen molar-refractivity contribution in [1.82, 2.24) is 15.0 Å². The van der Waals surface area contributed by atoms with Crippen LogP contribution in [0.3, 0.4) is 0 Å². The smallest absolute Gasteiger partial charge is 0.130 e. The van der Waals surface area contributed by atoms with Crippen molar-refractivity contribution in [2.75, 3.05) is 0 Å². The molecule has 0 aliphatic carbocycles. The van der Waals surface area contributed by atoms with Gasteiger partial charge in [0.25, 0.3) is 0 Å². The molecule has 5 heteroatoms. The minimum atomic E-state index is -0.353. The highest BCUT2D eigenvalue weighted by Gasteiger charge is 2.03. The fourth-order valence-corrected chi connectivity index (χ4v) is 1.12. The first-order valence-electron chi connectivity index (χ1n) is 3.67. The van der Waals surface area contributed by atoms with Crippen molar-refractivity contribution in [3.05, 3.63) is 24.0 Å². The van der Waals surface area contributed by atoms with Gasteiger partial charge in [-0.1, -0.05) is 5.21 Å². The van der Waals surface area contributed by atoms with E-state index in [9.17, 15) is 4.39 Å². The molecule has 1 heterocycles. The monoisotopic (exact) mass is 176 g/mol. The fraction of sp³-hybridized carbons (Fsp3) is 0.125. The van der Waals surface area contributed by atoms with Gasteiger partial charge in [-0.3, -0.25) is 0 Å². The van der Waals surface area contributed by atoms with Gasteiger partial charge >= 0.3 is 0 Å². The number of nitrogens with zero attached hydrogens (tertiary/aromatic N) is 4. The molecular weight excluding hydrogens is 171 g/mol. The molecule has 13 heavy (non-hydrogen) atoms. The molecule has 0 aliphatic rings. The number of aromatic nitrogens is 3. The van der Waals surface area contributed by atoms with Crippen LogP contribution in [0.15, 0.2) is 18.2 Å². The Morgan fingerprint density at radius 3 is 3.15 bits per heavy atom. The van der Waals surface area contributed by atoms with E-state index in [4.69, 9.17) is 5.26 Å². The predicted molar refractivity (Wildman–Crippen MR) is 43.1 cm³/mol. The van der Waals surface area contributed by atoms with Gasteiger partial charge in [-0.15, -0.1) is 5.10 Å². The highest BCUT2D eigenvalue weighted by atomic mass is 19.1. The van der Waals surface area contributed by atoms with Gasteiger partial charge in [0.1, 0.15) is 17.9 Å². The van der Waals surface area contributed by atoms with Crippen molar-refractivity contribution in [1.29, 1.82) is 5.26 Å². The van der Waals surface area contributed by atoms with E-state index >= 15 is 0 Å². The first-order valence-corrected chi connectivity index (χ1v) is 3.67. The third kappa shape index (κ3) is 1.22. The van der Waals surface area contributed by atoms with Crippen LogP contribution < -0.4 is 0 Å². The number of fused-ring (bicyclic) bond motifs is 1. The van der Waals surface area contributed by atoms with Crippen LogP contribution in [0.25, 0.3) is 11.0 Å². The van der Waals surface area contributed by atoms with E-state index in [1.165, 1.54) is 22.9 Å². The van der Waals surface area contributed by atoms with Crippen molar-refractivity contribution in [3.8, 4) is 6.07 Å². The van der Waals surface area contributed by atoms with Crippen LogP contribution in [0, 0.1) is 17.1 Å². The van der Waals surface area contributed by atoms with Crippen LogP contribution in [0.4, 0.5) is 4.39 Å². The molecule has 1 aromatic heterocycles. The average Bonchev–Trinajstić information content (AvgIpc) is 2.49. The van der Waals surface area contributed by atoms with Crippen LogP contribution in [-0.2, 0) is 6.54 Å². The van der Waals surface area contributed by atoms with Crippen LogP contribution in [-0.4, -0.2) is 15.0 Å². The summed E-state index contributed by atoms with van der Waals surface area (Å²) < 4.78 is 14.1. The van der Waals surface area contributed by atoms with Gasteiger partial charge in [-0.2, -0.15) is 5.26 Å². The zero-order valence-electron chi connectivity index (χ0n) is 6.61. The minimum absolute atomic E-state index is 0.0833. The van der Waals surface area contributed by atoms with E-state index in [0.717, 1.165) is 0 Å². The van der Waals surface area contributed by atoms with Gasteiger partial charge < -0.3 is 0 Å². The summed E-state index contributed by atoms with van der Waals surface area (Å²) in [6, 6.07) is 6.08. The summed E-state index contributed by atoms with van der Waals surface area (Å²) in [6.07, 6.45) is 0. The molecule has 0 N–H and O–H groups in total. The standard InChI is InChI=1S/C8H5FN4/c9-6-1-2-7-8(5-6)13(4-3-10)12-11-7/h1-2,5H,4H2. The number of nitriles is 1. The summed E-state index contributed by atoms with van der Waals surface area (Å²) in [5.74, 6) is -0.353. The molecule has 0 saturated carbocycles. The lowest BCUT2D eigenvalue weighted by atomic mass is 10.3. The second-order valence-electron chi connectivity index (χ2n) is 2.54. The Morgan fingerprint density at radius 1 is 1.54 bits per heavy atom. The third-order valence-corrected chi connectivity index (χ3v) is 1.70. The summed E-state index contributed by atoms with van der Waals surface area (Å²) in [6.45, 7) is 0.0833. The highest BCUT2D eigenvalue weighted by molar-refractivity contribution is 5.74. The molecule has 1 aromatic carbocycles. The molecule has 0 spiro atoms. The molecule has 0 amide bonds. The molecular formula is C8H5FN4. The number of rotatable bonds is 1. The topological polar surface area (TPSA) is 54.5 Å². The van der Waals surface area contributed by atoms with Crippen molar-refractivity contribution in [3.63, 3.8) is 0 Å². The lowest BCUT2D eigenvalue weighted by Crippen LogP contribution is -1.97. The Labute approximate surface area is 73.2 Å². The van der Waals surface area contributed by atoms with Gasteiger partial charge in [-0.05, 0) is 12.1 Å². The first-order chi connectivity index (χ1) is 6.31. The van der Waals surface area contributed by atoms with Crippen LogP contribution >= 0.6 is 0 Å². The van der Waals surface area contributed by atoms with Crippen LogP contribution in [0.1, 0.15) is 0 Å². The van der Waals surface area contributed by atoms with Gasteiger partial charge in [0, 0.05) is 6.07 Å². The molecule has 4 nitrogen and oxygen atoms in total. The number of benzene rings is 1. The summed E-state index contributed by atoms with van der Waals surface area (Å²) >= 11 is 0. The van der Waals surface area contributed by atoms with Crippen molar-refractivity contribution < 1.29 is 4.39 Å². The molecule has 0 atom stereocenters. The summed E-state index contributed by atoms with van der Waals surface area (Å²) in [5, 5.41) is 15.9. The molecule has 2 rings (SSSR count). The summed E-state index contributed by atoms with van der Waals surface area (Å²) in [4.78, 5) is 0. The average molecular weight is 176 g/mol. The summed E-state index contributed by atoms with van der Waals surface area (Å²) in [7, 11) is 0. The van der Waals surface area contributed by atoms with E-state index < -0.39 is 0 Å². The summed E-state index contributed by atoms with van der Waals surface area (Å²) in [5.41, 5.74) is 1.14. The number of hydrogen-bond acceptors (Lipinski definition) is 3. The molecule has 2 aromatic rings. The quantitative estimate of drug-likeness (QED) is 0.653. The molecule has 0 fully saturated rings. The Balaban J connectivity index is 2.66. The van der Waals surface area contributed by atoms with E-state index in [0.29, 0.717) is 11.0 Å². The molecule has 0 saturated heterocycles. The van der Waals surface area contributed by atoms with Gasteiger partial charge in [0.05, 0.1) is 11.6 Å². The van der Waals surface area contributed by atoms with Gasteiger partial charge in [0.15, 0.2) is 0 Å². The van der Waals surface area contributed by atoms with Gasteiger partial charge in [0.2, 0.25) is 0 Å². The number of halogens is 1. The lowest BCUT2D eigenvalue weighted by molar-refractivity contribution is 0.626. The molecule has 0 radical (unpaired) electrons. The Morgan fingerprint density at radius 2 is 2.38 bits per heavy atom. The molecule has 0 unspecified atom stereocenters. The first kappa shape index (κ1) is 7.68. The maximum absolute atomic E-state index is 12.8. The van der Waals surface area contributed by atoms with Gasteiger partial charge in [-0.25, -0.2) is 9.07 Å². The van der Waals surface area contributed by atoms with E-state index in [1.807, 2.05) is 6.07 Å². The minimum Gasteiger partial charge on any atom is -0.230 e. The van der Waals surface area contributed by atoms with Crippen molar-refractivity contribution in [2.45, 2.75) is 6.54 Å². The fourth-order valence-electron chi connectivity index (χ4n) is 1.12. The van der Waals surface area contributed by atoms with E-state index in [2.05, 4.69) is 10.3 Å². The Hall–Kier alpha value is -1.96. The Bertz CT molecular complexity index is 482. The van der Waals surface area contributed by atoms with Crippen molar-refractivity contribution in [2.24, 2.45) is 0 Å². The second kappa shape index (κ2) is 2.83. The normalized spacial score (nSPS) is 10.2. The molecule has 0 bridgehead atoms. The molecule has 0 aliphatic heterocycles. The number of hydrogen-bond donors (Lipinski definition) is 0. The van der Waals surface area contributed by atoms with Crippen molar-refractivity contribution >= 4 is 11.0 Å². The predicted octanol–water partition coefficient (Wildman–Crippen LogP) is 1.09. The Kier molecular flexibility index (Phi) is 1.67. The van der Waals surface area contributed by atoms with Crippen LogP contribution in [0.5, 0.6) is 0 Å². The highest BCUT2D eigenvalue weighted by Crippen LogP contribution is 2.11. The largest absolute Gasteiger partial charge is 0.230 e. The van der Waals surface area contributed by atoms with E-state index in [-0.39, 0.29) is 12.4 Å². The lowest BCUT2D eigenvalue weighted by Gasteiger charge is -1.93.